The standard InChI is InChI=1S/C11H19N5O4S/c1-15(2)7-3-6-13-21(19,20)11-8-9(14-12)4-5-10(11)16(17)18/h4-5,8,13-14H,3,6-7,12H2,1-2H3. The Morgan fingerprint density at radius 3 is 2.57 bits per heavy atom. The van der Waals surface area contributed by atoms with Gasteiger partial charge in [-0.2, -0.15) is 0 Å². The Labute approximate surface area is 123 Å². The number of nitrogen functional groups attached to an aromatic ring is 1. The third kappa shape index (κ3) is 4.93. The molecule has 0 atom stereocenters. The minimum Gasteiger partial charge on any atom is -0.324 e. The minimum atomic E-state index is -3.97. The van der Waals surface area contributed by atoms with Crippen LogP contribution in [0.25, 0.3) is 0 Å². The van der Waals surface area contributed by atoms with E-state index in [1.54, 1.807) is 0 Å². The van der Waals surface area contributed by atoms with E-state index in [4.69, 9.17) is 5.84 Å². The van der Waals surface area contributed by atoms with Crippen LogP contribution in [-0.2, 0) is 10.0 Å². The Bertz CT molecular complexity index is 603. The number of benzene rings is 1. The van der Waals surface area contributed by atoms with Gasteiger partial charge in [-0.1, -0.05) is 0 Å². The lowest BCUT2D eigenvalue weighted by Gasteiger charge is -2.11. The highest BCUT2D eigenvalue weighted by molar-refractivity contribution is 7.89. The number of sulfonamides is 1. The molecule has 0 bridgehead atoms. The molecule has 9 nitrogen and oxygen atoms in total. The van der Waals surface area contributed by atoms with Crippen LogP contribution >= 0.6 is 0 Å². The second kappa shape index (κ2) is 7.31. The van der Waals surface area contributed by atoms with Crippen molar-refractivity contribution in [3.63, 3.8) is 0 Å². The van der Waals surface area contributed by atoms with Gasteiger partial charge in [0, 0.05) is 12.6 Å². The molecule has 4 N–H and O–H groups in total. The van der Waals surface area contributed by atoms with Gasteiger partial charge in [0.1, 0.15) is 0 Å². The Kier molecular flexibility index (Phi) is 6.03. The highest BCUT2D eigenvalue weighted by Crippen LogP contribution is 2.26. The maximum atomic E-state index is 12.2. The molecule has 0 heterocycles. The van der Waals surface area contributed by atoms with Crippen LogP contribution in [0.1, 0.15) is 6.42 Å². The normalized spacial score (nSPS) is 11.6. The van der Waals surface area contributed by atoms with Crippen LogP contribution in [-0.4, -0.2) is 45.4 Å². The number of nitro benzene ring substituents is 1. The molecule has 0 saturated heterocycles. The van der Waals surface area contributed by atoms with Crippen molar-refractivity contribution in [1.82, 2.24) is 9.62 Å². The summed E-state index contributed by atoms with van der Waals surface area (Å²) in [6.07, 6.45) is 0.592. The average Bonchev–Trinajstić information content (AvgIpc) is 2.42. The smallest absolute Gasteiger partial charge is 0.289 e. The fraction of sp³-hybridized carbons (Fsp3) is 0.455. The molecule has 1 rings (SSSR count). The molecule has 0 radical (unpaired) electrons. The second-order valence-corrected chi connectivity index (χ2v) is 6.37. The Balaban J connectivity index is 2.97. The monoisotopic (exact) mass is 317 g/mol. The van der Waals surface area contributed by atoms with Crippen molar-refractivity contribution in [3.05, 3.63) is 28.3 Å². The Morgan fingerprint density at radius 2 is 2.05 bits per heavy atom. The van der Waals surface area contributed by atoms with Gasteiger partial charge in [-0.05, 0) is 39.2 Å². The molecule has 1 aromatic carbocycles. The second-order valence-electron chi connectivity index (χ2n) is 4.64. The van der Waals surface area contributed by atoms with Crippen LogP contribution in [0.5, 0.6) is 0 Å². The number of nitrogens with zero attached hydrogens (tertiary/aromatic N) is 2. The van der Waals surface area contributed by atoms with E-state index in [1.165, 1.54) is 6.07 Å². The predicted molar refractivity (Wildman–Crippen MR) is 79.3 cm³/mol. The molecule has 0 aliphatic heterocycles. The van der Waals surface area contributed by atoms with Crippen LogP contribution in [0.15, 0.2) is 23.1 Å². The fourth-order valence-corrected chi connectivity index (χ4v) is 2.92. The van der Waals surface area contributed by atoms with Gasteiger partial charge in [-0.3, -0.25) is 16.0 Å². The Morgan fingerprint density at radius 1 is 1.38 bits per heavy atom. The summed E-state index contributed by atoms with van der Waals surface area (Å²) in [4.78, 5) is 11.7. The van der Waals surface area contributed by atoms with Gasteiger partial charge in [-0.15, -0.1) is 0 Å². The van der Waals surface area contributed by atoms with E-state index in [0.29, 0.717) is 13.0 Å². The van der Waals surface area contributed by atoms with Crippen molar-refractivity contribution in [1.29, 1.82) is 0 Å². The average molecular weight is 317 g/mol. The van der Waals surface area contributed by atoms with Gasteiger partial charge in [-0.25, -0.2) is 13.1 Å². The maximum absolute atomic E-state index is 12.2. The first-order chi connectivity index (χ1) is 9.77. The van der Waals surface area contributed by atoms with E-state index in [2.05, 4.69) is 10.1 Å². The molecule has 0 aromatic heterocycles. The van der Waals surface area contributed by atoms with Crippen LogP contribution in [0.2, 0.25) is 0 Å². The molecule has 21 heavy (non-hydrogen) atoms. The number of hydrogen-bond donors (Lipinski definition) is 3. The van der Waals surface area contributed by atoms with Crippen molar-refractivity contribution in [2.75, 3.05) is 32.6 Å². The molecular formula is C11H19N5O4S. The lowest BCUT2D eigenvalue weighted by Crippen LogP contribution is -2.28. The van der Waals surface area contributed by atoms with Gasteiger partial charge < -0.3 is 10.3 Å². The number of nitro groups is 1. The highest BCUT2D eigenvalue weighted by Gasteiger charge is 2.25. The van der Waals surface area contributed by atoms with Gasteiger partial charge in [0.25, 0.3) is 5.69 Å². The summed E-state index contributed by atoms with van der Waals surface area (Å²) in [6.45, 7) is 0.896. The largest absolute Gasteiger partial charge is 0.324 e. The lowest BCUT2D eigenvalue weighted by atomic mass is 10.3. The van der Waals surface area contributed by atoms with Gasteiger partial charge in [0.05, 0.1) is 10.6 Å². The third-order valence-electron chi connectivity index (χ3n) is 2.69. The number of hydrogen-bond acceptors (Lipinski definition) is 7. The van der Waals surface area contributed by atoms with Crippen molar-refractivity contribution in [3.8, 4) is 0 Å². The van der Waals surface area contributed by atoms with Gasteiger partial charge in [0.15, 0.2) is 4.90 Å². The molecule has 118 valence electrons. The number of rotatable bonds is 8. The van der Waals surface area contributed by atoms with E-state index in [9.17, 15) is 18.5 Å². The quantitative estimate of drug-likeness (QED) is 0.268. The first kappa shape index (κ1) is 17.3. The minimum absolute atomic E-state index is 0.192. The molecule has 0 unspecified atom stereocenters. The SMILES string of the molecule is CN(C)CCCNS(=O)(=O)c1cc(NN)ccc1[N+](=O)[O-]. The molecule has 1 aromatic rings. The lowest BCUT2D eigenvalue weighted by molar-refractivity contribution is -0.387. The molecule has 0 spiro atoms. The number of hydrazine groups is 1. The third-order valence-corrected chi connectivity index (χ3v) is 4.18. The highest BCUT2D eigenvalue weighted by atomic mass is 32.2. The molecule has 0 fully saturated rings. The topological polar surface area (TPSA) is 131 Å². The number of nitrogens with two attached hydrogens (primary N) is 1. The van der Waals surface area contributed by atoms with Gasteiger partial charge in [0.2, 0.25) is 10.0 Å². The van der Waals surface area contributed by atoms with E-state index >= 15 is 0 Å². The van der Waals surface area contributed by atoms with Gasteiger partial charge >= 0.3 is 0 Å². The van der Waals surface area contributed by atoms with Crippen LogP contribution in [0, 0.1) is 10.1 Å². The van der Waals surface area contributed by atoms with E-state index in [1.807, 2.05) is 19.0 Å². The first-order valence-corrected chi connectivity index (χ1v) is 7.65. The summed E-state index contributed by atoms with van der Waals surface area (Å²) < 4.78 is 26.7. The van der Waals surface area contributed by atoms with Crippen LogP contribution < -0.4 is 16.0 Å². The van der Waals surface area contributed by atoms with Crippen molar-refractivity contribution < 1.29 is 13.3 Å². The summed E-state index contributed by atoms with van der Waals surface area (Å²) in [5, 5.41) is 10.9. The van der Waals surface area contributed by atoms with Crippen LogP contribution in [0.3, 0.4) is 0 Å². The molecular weight excluding hydrogens is 298 g/mol. The maximum Gasteiger partial charge on any atom is 0.289 e. The summed E-state index contributed by atoms with van der Waals surface area (Å²) in [5.41, 5.74) is 2.05. The van der Waals surface area contributed by atoms with Crippen molar-refractivity contribution in [2.45, 2.75) is 11.3 Å². The predicted octanol–water partition coefficient (Wildman–Crippen LogP) is 0.110. The molecule has 10 heteroatoms. The zero-order valence-electron chi connectivity index (χ0n) is 11.9. The summed E-state index contributed by atoms with van der Waals surface area (Å²) in [7, 11) is -0.231. The molecule has 0 amide bonds. The molecule has 0 aliphatic rings. The Hall–Kier alpha value is -1.75. The van der Waals surface area contributed by atoms with Crippen LogP contribution in [0.4, 0.5) is 11.4 Å². The fourth-order valence-electron chi connectivity index (χ4n) is 1.65. The first-order valence-electron chi connectivity index (χ1n) is 6.17. The molecule has 0 aliphatic carbocycles. The van der Waals surface area contributed by atoms with E-state index in [0.717, 1.165) is 12.1 Å². The van der Waals surface area contributed by atoms with E-state index in [-0.39, 0.29) is 12.2 Å². The zero-order valence-corrected chi connectivity index (χ0v) is 12.7. The summed E-state index contributed by atoms with van der Waals surface area (Å²) in [6, 6.07) is 3.57. The van der Waals surface area contributed by atoms with E-state index < -0.39 is 25.5 Å². The number of nitrogens with one attached hydrogen (secondary N) is 2. The summed E-state index contributed by atoms with van der Waals surface area (Å²) in [5.74, 6) is 5.20. The number of anilines is 1. The van der Waals surface area contributed by atoms with Crippen molar-refractivity contribution in [2.24, 2.45) is 5.84 Å². The molecule has 0 saturated carbocycles. The summed E-state index contributed by atoms with van der Waals surface area (Å²) >= 11 is 0. The zero-order chi connectivity index (χ0) is 16.0. The van der Waals surface area contributed by atoms with Crippen molar-refractivity contribution >= 4 is 21.4 Å².